The Balaban J connectivity index is 1.88. The molecule has 0 saturated carbocycles. The number of ether oxygens (including phenoxy) is 1. The molecule has 1 aliphatic heterocycles. The highest BCUT2D eigenvalue weighted by molar-refractivity contribution is 5.86. The van der Waals surface area contributed by atoms with Crippen LogP contribution >= 0.6 is 0 Å². The lowest BCUT2D eigenvalue weighted by atomic mass is 10.1. The van der Waals surface area contributed by atoms with Crippen LogP contribution in [-0.4, -0.2) is 26.7 Å². The van der Waals surface area contributed by atoms with E-state index in [0.29, 0.717) is 17.6 Å². The van der Waals surface area contributed by atoms with Gasteiger partial charge in [0.05, 0.1) is 28.5 Å². The third-order valence-corrected chi connectivity index (χ3v) is 5.01. The van der Waals surface area contributed by atoms with Crippen LogP contribution in [0.5, 0.6) is 11.5 Å². The van der Waals surface area contributed by atoms with Gasteiger partial charge in [-0.15, -0.1) is 0 Å². The lowest BCUT2D eigenvalue weighted by molar-refractivity contribution is -0.386. The first-order valence-electron chi connectivity index (χ1n) is 8.98. The van der Waals surface area contributed by atoms with Gasteiger partial charge in [0.15, 0.2) is 5.75 Å². The van der Waals surface area contributed by atoms with Gasteiger partial charge in [-0.3, -0.25) is 19.5 Å². The predicted molar refractivity (Wildman–Crippen MR) is 105 cm³/mol. The number of phenolic OH excluding ortho intramolecular Hbond substituents is 1. The van der Waals surface area contributed by atoms with E-state index >= 15 is 0 Å². The lowest BCUT2D eigenvalue weighted by Crippen LogP contribution is -2.21. The molecular weight excluding hydrogens is 419 g/mol. The number of nitro benzene ring substituents is 1. The molecule has 2 heterocycles. The molecule has 31 heavy (non-hydrogen) atoms. The van der Waals surface area contributed by atoms with Gasteiger partial charge >= 0.3 is 11.9 Å². The Labute approximate surface area is 172 Å². The minimum Gasteiger partial charge on any atom is -0.500 e. The number of phenols is 1. The second-order valence-corrected chi connectivity index (χ2v) is 6.89. The van der Waals surface area contributed by atoms with Gasteiger partial charge in [0, 0.05) is 12.6 Å². The van der Waals surface area contributed by atoms with E-state index in [1.165, 1.54) is 23.8 Å². The number of methoxy groups -OCH3 is 1. The van der Waals surface area contributed by atoms with Gasteiger partial charge in [0.1, 0.15) is 5.82 Å². The standard InChI is InChI=1S/C20H14F3N3O5/c1-31-16-8-10(7-15(17(16)27)26(29)30)6-11-4-5-25-18(11)24-14-9-12(20(21,22)23)2-3-13(14)19(25)28/h2-3,6-9,27H,4-5H2,1H3/b11-6-. The van der Waals surface area contributed by atoms with Gasteiger partial charge in [-0.05, 0) is 47.9 Å². The highest BCUT2D eigenvalue weighted by Crippen LogP contribution is 2.38. The molecule has 0 aliphatic carbocycles. The fourth-order valence-corrected chi connectivity index (χ4v) is 3.52. The maximum Gasteiger partial charge on any atom is 0.416 e. The largest absolute Gasteiger partial charge is 0.500 e. The van der Waals surface area contributed by atoms with Crippen molar-refractivity contribution >= 4 is 28.2 Å². The summed E-state index contributed by atoms with van der Waals surface area (Å²) in [5.41, 5.74) is -1.22. The Morgan fingerprint density at radius 2 is 2.03 bits per heavy atom. The second kappa shape index (κ2) is 7.11. The molecule has 2 aromatic carbocycles. The Morgan fingerprint density at radius 1 is 1.29 bits per heavy atom. The minimum atomic E-state index is -4.58. The Kier molecular flexibility index (Phi) is 4.68. The SMILES string of the molecule is COc1cc(/C=C2/CCn3c2nc2cc(C(F)(F)F)ccc2c3=O)cc([N+](=O)[O-])c1O. The van der Waals surface area contributed by atoms with E-state index in [1.807, 2.05) is 0 Å². The molecule has 4 rings (SSSR count). The van der Waals surface area contributed by atoms with E-state index in [1.54, 1.807) is 0 Å². The number of nitrogens with zero attached hydrogens (tertiary/aromatic N) is 3. The average Bonchev–Trinajstić information content (AvgIpc) is 3.10. The molecule has 0 amide bonds. The molecular formula is C20H14F3N3O5. The maximum absolute atomic E-state index is 13.1. The van der Waals surface area contributed by atoms with Crippen molar-refractivity contribution in [1.29, 1.82) is 0 Å². The lowest BCUT2D eigenvalue weighted by Gasteiger charge is -2.10. The van der Waals surface area contributed by atoms with Gasteiger partial charge in [0.25, 0.3) is 5.56 Å². The summed E-state index contributed by atoms with van der Waals surface area (Å²) in [6.45, 7) is 0.265. The summed E-state index contributed by atoms with van der Waals surface area (Å²) in [4.78, 5) is 27.4. The molecule has 160 valence electrons. The molecule has 1 aliphatic rings. The third kappa shape index (κ3) is 3.47. The summed E-state index contributed by atoms with van der Waals surface area (Å²) in [5, 5.41) is 21.2. The number of rotatable bonds is 3. The summed E-state index contributed by atoms with van der Waals surface area (Å²) in [6.07, 6.45) is -2.70. The van der Waals surface area contributed by atoms with Crippen molar-refractivity contribution in [2.45, 2.75) is 19.1 Å². The normalized spacial score (nSPS) is 14.8. The number of nitro groups is 1. The van der Waals surface area contributed by atoms with Crippen molar-refractivity contribution in [2.24, 2.45) is 0 Å². The number of allylic oxidation sites excluding steroid dienone is 1. The van der Waals surface area contributed by atoms with Crippen LogP contribution in [0, 0.1) is 10.1 Å². The molecule has 1 N–H and O–H groups in total. The average molecular weight is 433 g/mol. The van der Waals surface area contributed by atoms with E-state index in [0.717, 1.165) is 24.3 Å². The number of fused-ring (bicyclic) bond motifs is 2. The van der Waals surface area contributed by atoms with Crippen molar-refractivity contribution in [1.82, 2.24) is 9.55 Å². The number of halogens is 3. The monoisotopic (exact) mass is 433 g/mol. The zero-order valence-electron chi connectivity index (χ0n) is 15.9. The van der Waals surface area contributed by atoms with E-state index in [4.69, 9.17) is 4.74 Å². The van der Waals surface area contributed by atoms with Crippen LogP contribution in [-0.2, 0) is 12.7 Å². The fraction of sp³-hybridized carbons (Fsp3) is 0.200. The van der Waals surface area contributed by atoms with Crippen LogP contribution in [0.15, 0.2) is 35.1 Å². The summed E-state index contributed by atoms with van der Waals surface area (Å²) < 4.78 is 45.5. The molecule has 0 spiro atoms. The second-order valence-electron chi connectivity index (χ2n) is 6.89. The van der Waals surface area contributed by atoms with E-state index in [2.05, 4.69) is 4.98 Å². The Hall–Kier alpha value is -3.89. The Bertz CT molecular complexity index is 1330. The fourth-order valence-electron chi connectivity index (χ4n) is 3.52. The van der Waals surface area contributed by atoms with Gasteiger partial charge < -0.3 is 9.84 Å². The highest BCUT2D eigenvalue weighted by Gasteiger charge is 2.31. The van der Waals surface area contributed by atoms with E-state index in [-0.39, 0.29) is 29.0 Å². The zero-order chi connectivity index (χ0) is 22.5. The van der Waals surface area contributed by atoms with Crippen LogP contribution in [0.25, 0.3) is 22.6 Å². The number of aromatic nitrogens is 2. The predicted octanol–water partition coefficient (Wildman–Crippen LogP) is 3.98. The van der Waals surface area contributed by atoms with Crippen molar-refractivity contribution < 1.29 is 27.9 Å². The smallest absolute Gasteiger partial charge is 0.416 e. The van der Waals surface area contributed by atoms with Crippen LogP contribution in [0.3, 0.4) is 0 Å². The number of benzene rings is 2. The van der Waals surface area contributed by atoms with Crippen LogP contribution in [0.4, 0.5) is 18.9 Å². The molecule has 0 saturated heterocycles. The number of aromatic hydroxyl groups is 1. The van der Waals surface area contributed by atoms with Crippen LogP contribution in [0.2, 0.25) is 0 Å². The van der Waals surface area contributed by atoms with Gasteiger partial charge in [-0.2, -0.15) is 13.2 Å². The quantitative estimate of drug-likeness (QED) is 0.495. The first kappa shape index (κ1) is 20.4. The number of hydrogen-bond donors (Lipinski definition) is 1. The van der Waals surface area contributed by atoms with Crippen molar-refractivity contribution in [3.63, 3.8) is 0 Å². The summed E-state index contributed by atoms with van der Waals surface area (Å²) in [6, 6.07) is 5.28. The van der Waals surface area contributed by atoms with Gasteiger partial charge in [0.2, 0.25) is 5.75 Å². The van der Waals surface area contributed by atoms with Gasteiger partial charge in [-0.25, -0.2) is 4.98 Å². The molecule has 8 nitrogen and oxygen atoms in total. The number of alkyl halides is 3. The molecule has 0 bridgehead atoms. The number of hydrogen-bond acceptors (Lipinski definition) is 6. The van der Waals surface area contributed by atoms with Crippen molar-refractivity contribution in [3.8, 4) is 11.5 Å². The molecule has 1 aromatic heterocycles. The minimum absolute atomic E-state index is 0.0694. The third-order valence-electron chi connectivity index (χ3n) is 5.01. The topological polar surface area (TPSA) is 107 Å². The molecule has 0 fully saturated rings. The highest BCUT2D eigenvalue weighted by atomic mass is 19.4. The molecule has 11 heteroatoms. The van der Waals surface area contributed by atoms with Crippen LogP contribution < -0.4 is 10.3 Å². The van der Waals surface area contributed by atoms with Gasteiger partial charge in [-0.1, -0.05) is 0 Å². The van der Waals surface area contributed by atoms with Crippen molar-refractivity contribution in [2.75, 3.05) is 7.11 Å². The summed E-state index contributed by atoms with van der Waals surface area (Å²) >= 11 is 0. The molecule has 0 atom stereocenters. The van der Waals surface area contributed by atoms with E-state index < -0.39 is 33.7 Å². The first-order valence-corrected chi connectivity index (χ1v) is 8.98. The van der Waals surface area contributed by atoms with E-state index in [9.17, 15) is 33.2 Å². The maximum atomic E-state index is 13.1. The van der Waals surface area contributed by atoms with Crippen molar-refractivity contribution in [3.05, 3.63) is 67.8 Å². The molecule has 0 radical (unpaired) electrons. The summed E-state index contributed by atoms with van der Waals surface area (Å²) in [7, 11) is 1.24. The summed E-state index contributed by atoms with van der Waals surface area (Å²) in [5.74, 6) is -0.550. The zero-order valence-corrected chi connectivity index (χ0v) is 15.9. The van der Waals surface area contributed by atoms with Crippen LogP contribution in [0.1, 0.15) is 23.4 Å². The Morgan fingerprint density at radius 3 is 2.68 bits per heavy atom. The first-order chi connectivity index (χ1) is 14.6. The molecule has 0 unspecified atom stereocenters. The molecule has 3 aromatic rings.